The smallest absolute Gasteiger partial charge is 0.268 e. The van der Waals surface area contributed by atoms with Gasteiger partial charge in [-0.1, -0.05) is 13.8 Å². The summed E-state index contributed by atoms with van der Waals surface area (Å²) in [5.41, 5.74) is 0.520. The number of carbonyl (C=O) groups is 1. The molecule has 1 amide bonds. The molecule has 1 atom stereocenters. The van der Waals surface area contributed by atoms with Crippen LogP contribution in [0.4, 0.5) is 0 Å². The maximum atomic E-state index is 12.4. The molecule has 0 aliphatic heterocycles. The molecule has 2 aliphatic carbocycles. The average molecular weight is 331 g/mol. The molecule has 1 aromatic heterocycles. The Morgan fingerprint density at radius 2 is 2.05 bits per heavy atom. The van der Waals surface area contributed by atoms with Gasteiger partial charge in [-0.05, 0) is 37.2 Å². The third-order valence-electron chi connectivity index (χ3n) is 4.62. The maximum absolute atomic E-state index is 12.4. The zero-order chi connectivity index (χ0) is 15.4. The first-order valence-corrected chi connectivity index (χ1v) is 9.47. The summed E-state index contributed by atoms with van der Waals surface area (Å²) in [5, 5.41) is 2.97. The third-order valence-corrected chi connectivity index (χ3v) is 5.95. The monoisotopic (exact) mass is 330 g/mol. The van der Waals surface area contributed by atoms with Gasteiger partial charge in [-0.2, -0.15) is 0 Å². The fourth-order valence-electron chi connectivity index (χ4n) is 2.68. The van der Waals surface area contributed by atoms with E-state index in [4.69, 9.17) is 10.7 Å². The fraction of sp³-hybridized carbons (Fsp3) is 0.643. The van der Waals surface area contributed by atoms with Crippen LogP contribution in [0.2, 0.25) is 0 Å². The Bertz CT molecular complexity index is 689. The minimum Gasteiger partial charge on any atom is -0.347 e. The number of hydrogen-bond donors (Lipinski definition) is 1. The van der Waals surface area contributed by atoms with Crippen molar-refractivity contribution in [1.82, 2.24) is 9.88 Å². The van der Waals surface area contributed by atoms with Crippen LogP contribution in [0.5, 0.6) is 0 Å². The predicted octanol–water partition coefficient (Wildman–Crippen LogP) is 2.67. The highest BCUT2D eigenvalue weighted by Gasteiger charge is 2.47. The van der Waals surface area contributed by atoms with Crippen molar-refractivity contribution in [3.63, 3.8) is 0 Å². The quantitative estimate of drug-likeness (QED) is 0.863. The van der Waals surface area contributed by atoms with Gasteiger partial charge in [-0.15, -0.1) is 0 Å². The highest BCUT2D eigenvalue weighted by atomic mass is 35.7. The Balaban J connectivity index is 1.88. The number of aromatic nitrogens is 1. The number of hydrogen-bond acceptors (Lipinski definition) is 3. The van der Waals surface area contributed by atoms with Crippen molar-refractivity contribution >= 4 is 25.6 Å². The normalized spacial score (nSPS) is 24.4. The number of amides is 1. The summed E-state index contributed by atoms with van der Waals surface area (Å²) in [6.07, 6.45) is 5.46. The zero-order valence-corrected chi connectivity index (χ0v) is 13.7. The van der Waals surface area contributed by atoms with E-state index < -0.39 is 9.05 Å². The van der Waals surface area contributed by atoms with Crippen LogP contribution in [0, 0.1) is 5.41 Å². The van der Waals surface area contributed by atoms with Gasteiger partial charge in [0.15, 0.2) is 0 Å². The van der Waals surface area contributed by atoms with Crippen molar-refractivity contribution in [2.75, 3.05) is 0 Å². The van der Waals surface area contributed by atoms with Gasteiger partial charge < -0.3 is 9.88 Å². The lowest BCUT2D eigenvalue weighted by Gasteiger charge is -2.28. The highest BCUT2D eigenvalue weighted by Crippen LogP contribution is 2.44. The van der Waals surface area contributed by atoms with Gasteiger partial charge in [0.05, 0.1) is 0 Å². The Morgan fingerprint density at radius 3 is 2.48 bits per heavy atom. The molecule has 1 aromatic rings. The van der Waals surface area contributed by atoms with Crippen LogP contribution in [0.25, 0.3) is 0 Å². The molecule has 1 heterocycles. The summed E-state index contributed by atoms with van der Waals surface area (Å²) in [7, 11) is 1.59. The molecule has 2 fully saturated rings. The first kappa shape index (κ1) is 14.9. The van der Waals surface area contributed by atoms with Crippen molar-refractivity contribution in [1.29, 1.82) is 0 Å². The van der Waals surface area contributed by atoms with Crippen molar-refractivity contribution < 1.29 is 13.2 Å². The third kappa shape index (κ3) is 2.83. The second-order valence-electron chi connectivity index (χ2n) is 6.71. The molecule has 2 aliphatic rings. The number of carbonyl (C=O) groups excluding carboxylic acids is 1. The minimum atomic E-state index is -3.82. The highest BCUT2D eigenvalue weighted by molar-refractivity contribution is 8.13. The Hall–Kier alpha value is -1.01. The van der Waals surface area contributed by atoms with Crippen LogP contribution < -0.4 is 5.32 Å². The number of nitrogens with one attached hydrogen (secondary N) is 1. The first-order chi connectivity index (χ1) is 9.68. The molecule has 1 unspecified atom stereocenters. The van der Waals surface area contributed by atoms with E-state index >= 15 is 0 Å². The second-order valence-corrected chi connectivity index (χ2v) is 9.28. The summed E-state index contributed by atoms with van der Waals surface area (Å²) >= 11 is 0. The lowest BCUT2D eigenvalue weighted by Crippen LogP contribution is -2.31. The lowest BCUT2D eigenvalue weighted by molar-refractivity contribution is 0.0931. The molecule has 1 N–H and O–H groups in total. The molecule has 116 valence electrons. The summed E-state index contributed by atoms with van der Waals surface area (Å²) in [6, 6.07) is 1.74. The molecular weight excluding hydrogens is 312 g/mol. The minimum absolute atomic E-state index is 0.00345. The molecule has 0 spiro atoms. The topological polar surface area (TPSA) is 68.2 Å². The summed E-state index contributed by atoms with van der Waals surface area (Å²) in [4.78, 5) is 12.4. The number of nitrogens with zero attached hydrogens (tertiary/aromatic N) is 1. The van der Waals surface area contributed by atoms with E-state index in [2.05, 4.69) is 19.2 Å². The first-order valence-electron chi connectivity index (χ1n) is 7.16. The Kier molecular flexibility index (Phi) is 3.37. The fourth-order valence-corrected chi connectivity index (χ4v) is 3.43. The molecule has 3 rings (SSSR count). The van der Waals surface area contributed by atoms with E-state index in [1.54, 1.807) is 4.57 Å². The van der Waals surface area contributed by atoms with E-state index in [0.29, 0.717) is 5.69 Å². The van der Waals surface area contributed by atoms with Gasteiger partial charge in [0.1, 0.15) is 10.6 Å². The molecular formula is C14H19ClN2O3S. The van der Waals surface area contributed by atoms with Gasteiger partial charge >= 0.3 is 0 Å². The Labute approximate surface area is 129 Å². The Morgan fingerprint density at radius 1 is 1.43 bits per heavy atom. The second kappa shape index (κ2) is 4.74. The van der Waals surface area contributed by atoms with Crippen LogP contribution in [0.1, 0.15) is 56.1 Å². The van der Waals surface area contributed by atoms with E-state index in [1.165, 1.54) is 12.3 Å². The summed E-state index contributed by atoms with van der Waals surface area (Å²) in [5.74, 6) is -0.218. The van der Waals surface area contributed by atoms with Crippen molar-refractivity contribution in [3.8, 4) is 0 Å². The molecule has 5 nitrogen and oxygen atoms in total. The summed E-state index contributed by atoms with van der Waals surface area (Å²) < 4.78 is 24.8. The van der Waals surface area contributed by atoms with Gasteiger partial charge in [0.25, 0.3) is 15.0 Å². The predicted molar refractivity (Wildman–Crippen MR) is 80.0 cm³/mol. The number of rotatable bonds is 4. The largest absolute Gasteiger partial charge is 0.347 e. The molecule has 2 saturated carbocycles. The maximum Gasteiger partial charge on any atom is 0.268 e. The van der Waals surface area contributed by atoms with E-state index in [0.717, 1.165) is 25.7 Å². The van der Waals surface area contributed by atoms with Crippen molar-refractivity contribution in [2.45, 2.75) is 56.5 Å². The van der Waals surface area contributed by atoms with E-state index in [1.807, 2.05) is 0 Å². The van der Waals surface area contributed by atoms with Crippen molar-refractivity contribution in [2.24, 2.45) is 5.41 Å². The van der Waals surface area contributed by atoms with Crippen LogP contribution in [0.15, 0.2) is 17.2 Å². The average Bonchev–Trinajstić information content (AvgIpc) is 2.71. The van der Waals surface area contributed by atoms with Crippen LogP contribution in [-0.2, 0) is 9.05 Å². The van der Waals surface area contributed by atoms with Gasteiger partial charge in [-0.25, -0.2) is 8.42 Å². The molecule has 0 radical (unpaired) electrons. The lowest BCUT2D eigenvalue weighted by atomic mass is 9.93. The standard InChI is InChI=1S/C14H19ClN2O3S/c1-14(2)7-12(14)16-13(18)11-6-10(21(15,19)20)8-17(11)9-4-3-5-9/h6,8-9,12H,3-5,7H2,1-2H3,(H,16,18). The zero-order valence-electron chi connectivity index (χ0n) is 12.1. The van der Waals surface area contributed by atoms with Crippen LogP contribution >= 0.6 is 10.7 Å². The van der Waals surface area contributed by atoms with Crippen molar-refractivity contribution in [3.05, 3.63) is 18.0 Å². The summed E-state index contributed by atoms with van der Waals surface area (Å²) in [6.45, 7) is 4.19. The van der Waals surface area contributed by atoms with E-state index in [-0.39, 0.29) is 28.3 Å². The van der Waals surface area contributed by atoms with Gasteiger partial charge in [0.2, 0.25) is 0 Å². The van der Waals surface area contributed by atoms with Gasteiger partial charge in [0, 0.05) is 29.0 Å². The van der Waals surface area contributed by atoms with E-state index in [9.17, 15) is 13.2 Å². The number of halogens is 1. The molecule has 21 heavy (non-hydrogen) atoms. The molecule has 0 bridgehead atoms. The molecule has 0 aromatic carbocycles. The molecule has 0 saturated heterocycles. The SMILES string of the molecule is CC1(C)CC1NC(=O)c1cc(S(=O)(=O)Cl)cn1C1CCC1. The van der Waals surface area contributed by atoms with Gasteiger partial charge in [-0.3, -0.25) is 4.79 Å². The molecule has 7 heteroatoms. The van der Waals surface area contributed by atoms with Crippen LogP contribution in [0.3, 0.4) is 0 Å². The van der Waals surface area contributed by atoms with Crippen LogP contribution in [-0.4, -0.2) is 24.9 Å².